The van der Waals surface area contributed by atoms with Crippen LogP contribution in [0.3, 0.4) is 0 Å². The molecule has 0 saturated heterocycles. The zero-order chi connectivity index (χ0) is 0. The van der Waals surface area contributed by atoms with E-state index in [0.29, 0.717) is 0 Å². The SMILES string of the molecule is [CH3-].[CH3-].[CH3-].[Cl-].[Pt+4]. The normalized spacial score (nSPS) is 0. The van der Waals surface area contributed by atoms with Crippen LogP contribution in [-0.2, 0) is 21.1 Å². The molecule has 0 aliphatic rings. The molecule has 0 spiro atoms. The Morgan fingerprint density at radius 3 is 0.600 bits per heavy atom. The van der Waals surface area contributed by atoms with E-state index in [2.05, 4.69) is 0 Å². The Hall–Kier alpha value is 0.978. The van der Waals surface area contributed by atoms with E-state index in [0.717, 1.165) is 0 Å². The van der Waals surface area contributed by atoms with E-state index in [1.54, 1.807) is 0 Å². The smallest absolute Gasteiger partial charge is 1.00 e. The van der Waals surface area contributed by atoms with E-state index in [1.807, 2.05) is 0 Å². The molecular weight excluding hydrogens is 267 g/mol. The molecule has 0 amide bonds. The van der Waals surface area contributed by atoms with Gasteiger partial charge in [0, 0.05) is 0 Å². The van der Waals surface area contributed by atoms with Gasteiger partial charge < -0.3 is 34.7 Å². The summed E-state index contributed by atoms with van der Waals surface area (Å²) in [6, 6.07) is 0. The molecule has 0 heterocycles. The van der Waals surface area contributed by atoms with Crippen molar-refractivity contribution >= 4 is 0 Å². The fraction of sp³-hybridized carbons (Fsp3) is 0. The van der Waals surface area contributed by atoms with E-state index in [-0.39, 0.29) is 55.8 Å². The van der Waals surface area contributed by atoms with Crippen LogP contribution in [0.1, 0.15) is 0 Å². The van der Waals surface area contributed by atoms with Crippen LogP contribution in [0.2, 0.25) is 0 Å². The Morgan fingerprint density at radius 1 is 0.600 bits per heavy atom. The van der Waals surface area contributed by atoms with E-state index >= 15 is 0 Å². The minimum absolute atomic E-state index is 0. The minimum atomic E-state index is 0. The van der Waals surface area contributed by atoms with Crippen LogP contribution in [0.4, 0.5) is 0 Å². The average Bonchev–Trinajstić information content (AvgIpc) is 0. The summed E-state index contributed by atoms with van der Waals surface area (Å²) in [7, 11) is 0. The quantitative estimate of drug-likeness (QED) is 0.465. The summed E-state index contributed by atoms with van der Waals surface area (Å²) in [6.07, 6.45) is 0. The molecule has 0 aliphatic carbocycles. The molecule has 0 aromatic carbocycles. The average molecular weight is 276 g/mol. The fourth-order valence-corrected chi connectivity index (χ4v) is 0. The van der Waals surface area contributed by atoms with Crippen LogP contribution < -0.4 is 12.4 Å². The predicted octanol–water partition coefficient (Wildman–Crippen LogP) is -1.65. The first kappa shape index (κ1) is 155. The summed E-state index contributed by atoms with van der Waals surface area (Å²) in [5.74, 6) is 0. The van der Waals surface area contributed by atoms with Crippen molar-refractivity contribution in [1.82, 2.24) is 0 Å². The molecule has 0 atom stereocenters. The van der Waals surface area contributed by atoms with Gasteiger partial charge in [0.25, 0.3) is 0 Å². The van der Waals surface area contributed by atoms with Crippen molar-refractivity contribution in [2.24, 2.45) is 0 Å². The molecule has 0 N–H and O–H groups in total. The van der Waals surface area contributed by atoms with Gasteiger partial charge in [0.15, 0.2) is 0 Å². The number of hydrogen-bond donors (Lipinski definition) is 0. The van der Waals surface area contributed by atoms with Crippen LogP contribution in [0.25, 0.3) is 0 Å². The summed E-state index contributed by atoms with van der Waals surface area (Å²) in [5.41, 5.74) is 0. The topological polar surface area (TPSA) is 0 Å². The maximum Gasteiger partial charge on any atom is 4.00 e. The summed E-state index contributed by atoms with van der Waals surface area (Å²) in [6.45, 7) is 0. The molecule has 0 saturated carbocycles. The molecule has 0 fully saturated rings. The van der Waals surface area contributed by atoms with Crippen molar-refractivity contribution in [3.05, 3.63) is 22.3 Å². The van der Waals surface area contributed by atoms with Gasteiger partial charge in [-0.3, -0.25) is 0 Å². The van der Waals surface area contributed by atoms with Gasteiger partial charge in [0.1, 0.15) is 0 Å². The van der Waals surface area contributed by atoms with Gasteiger partial charge in [-0.15, -0.1) is 0 Å². The van der Waals surface area contributed by atoms with Gasteiger partial charge in [-0.1, -0.05) is 0 Å². The van der Waals surface area contributed by atoms with Crippen molar-refractivity contribution in [2.45, 2.75) is 0 Å². The number of hydrogen-bond acceptors (Lipinski definition) is 0. The Labute approximate surface area is 56.0 Å². The van der Waals surface area contributed by atoms with Crippen molar-refractivity contribution in [2.75, 3.05) is 0 Å². The Morgan fingerprint density at radius 2 is 0.600 bits per heavy atom. The Bertz CT molecular complexity index is 6.85. The first-order valence-corrected chi connectivity index (χ1v) is 0. The first-order valence-electron chi connectivity index (χ1n) is 0. The van der Waals surface area contributed by atoms with Gasteiger partial charge >= 0.3 is 21.1 Å². The van der Waals surface area contributed by atoms with Gasteiger partial charge in [0.05, 0.1) is 0 Å². The van der Waals surface area contributed by atoms with Crippen molar-refractivity contribution in [1.29, 1.82) is 0 Å². The second kappa shape index (κ2) is 82.3. The molecule has 0 aliphatic heterocycles. The molecule has 0 unspecified atom stereocenters. The molecule has 0 nitrogen and oxygen atoms in total. The number of rotatable bonds is 0. The van der Waals surface area contributed by atoms with E-state index in [4.69, 9.17) is 0 Å². The zero-order valence-electron chi connectivity index (χ0n) is 3.69. The van der Waals surface area contributed by atoms with Gasteiger partial charge in [-0.05, 0) is 0 Å². The maximum absolute atomic E-state index is 0. The molecule has 0 radical (unpaired) electrons. The third kappa shape index (κ3) is 46.1. The molecule has 0 aromatic heterocycles. The van der Waals surface area contributed by atoms with Gasteiger partial charge in [0.2, 0.25) is 0 Å². The zero-order valence-corrected chi connectivity index (χ0v) is 6.72. The summed E-state index contributed by atoms with van der Waals surface area (Å²) in [4.78, 5) is 0. The maximum atomic E-state index is 0. The van der Waals surface area contributed by atoms with Crippen molar-refractivity contribution in [3.63, 3.8) is 0 Å². The number of halogens is 1. The van der Waals surface area contributed by atoms with Gasteiger partial charge in [-0.25, -0.2) is 0 Å². The summed E-state index contributed by atoms with van der Waals surface area (Å²) >= 11 is 0. The molecule has 38 valence electrons. The monoisotopic (exact) mass is 275 g/mol. The third-order valence-electron chi connectivity index (χ3n) is 0. The Kier molecular flexibility index (Phi) is 2550. The Balaban J connectivity index is 0. The second-order valence-corrected chi connectivity index (χ2v) is 0. The van der Waals surface area contributed by atoms with Crippen LogP contribution in [0.15, 0.2) is 0 Å². The van der Waals surface area contributed by atoms with Gasteiger partial charge in [-0.2, -0.15) is 0 Å². The van der Waals surface area contributed by atoms with Crippen LogP contribution in [0, 0.1) is 22.3 Å². The first-order chi connectivity index (χ1) is 0. The molecule has 2 heteroatoms. The molecule has 0 aromatic rings. The van der Waals surface area contributed by atoms with Crippen molar-refractivity contribution in [3.8, 4) is 0 Å². The molecular formula is C3H9ClPt. The minimum Gasteiger partial charge on any atom is -1.00 e. The van der Waals surface area contributed by atoms with Crippen LogP contribution >= 0.6 is 0 Å². The molecule has 5 heavy (non-hydrogen) atoms. The van der Waals surface area contributed by atoms with Crippen molar-refractivity contribution < 1.29 is 33.5 Å². The molecule has 0 rings (SSSR count). The fourth-order valence-electron chi connectivity index (χ4n) is 0. The largest absolute Gasteiger partial charge is 4.00 e. The standard InChI is InChI=1S/3CH3.ClH.Pt/h3*1H3;1H;/q3*-1;;+4/p-1. The van der Waals surface area contributed by atoms with E-state index in [1.165, 1.54) is 0 Å². The van der Waals surface area contributed by atoms with Crippen LogP contribution in [0.5, 0.6) is 0 Å². The third-order valence-corrected chi connectivity index (χ3v) is 0. The molecule has 0 bridgehead atoms. The summed E-state index contributed by atoms with van der Waals surface area (Å²) < 4.78 is 0. The predicted molar refractivity (Wildman–Crippen MR) is 19.2 cm³/mol. The summed E-state index contributed by atoms with van der Waals surface area (Å²) in [5, 5.41) is 0. The van der Waals surface area contributed by atoms with Crippen LogP contribution in [-0.4, -0.2) is 0 Å². The van der Waals surface area contributed by atoms with E-state index in [9.17, 15) is 0 Å². The second-order valence-electron chi connectivity index (χ2n) is 0. The van der Waals surface area contributed by atoms with E-state index < -0.39 is 0 Å².